The zero-order valence-electron chi connectivity index (χ0n) is 16.0. The number of halogens is 1. The van der Waals surface area contributed by atoms with Crippen LogP contribution in [0.25, 0.3) is 10.8 Å². The molecule has 27 heavy (non-hydrogen) atoms. The Labute approximate surface area is 178 Å². The van der Waals surface area contributed by atoms with E-state index in [0.717, 1.165) is 29.0 Å². The average Bonchev–Trinajstić information content (AvgIpc) is 2.61. The van der Waals surface area contributed by atoms with Crippen molar-refractivity contribution in [2.24, 2.45) is 4.99 Å². The van der Waals surface area contributed by atoms with E-state index < -0.39 is 14.6 Å². The van der Waals surface area contributed by atoms with E-state index >= 15 is 0 Å². The molecule has 1 aromatic carbocycles. The van der Waals surface area contributed by atoms with E-state index in [4.69, 9.17) is 4.99 Å². The van der Waals surface area contributed by atoms with Gasteiger partial charge in [-0.05, 0) is 32.2 Å². The van der Waals surface area contributed by atoms with E-state index in [1.165, 1.54) is 0 Å². The number of nitrogens with zero attached hydrogens (tertiary/aromatic N) is 3. The van der Waals surface area contributed by atoms with Crippen LogP contribution in [-0.2, 0) is 16.4 Å². The van der Waals surface area contributed by atoms with E-state index in [1.54, 1.807) is 20.0 Å². The molecule has 0 atom stereocenters. The fraction of sp³-hybridized carbons (Fsp3) is 0.474. The normalized spacial score (nSPS) is 18.8. The first-order chi connectivity index (χ1) is 12.3. The van der Waals surface area contributed by atoms with Crippen LogP contribution in [0.3, 0.4) is 0 Å². The summed E-state index contributed by atoms with van der Waals surface area (Å²) in [5.41, 5.74) is 0.919. The van der Waals surface area contributed by atoms with E-state index in [9.17, 15) is 8.42 Å². The Balaban J connectivity index is 0.00000261. The van der Waals surface area contributed by atoms with Gasteiger partial charge < -0.3 is 10.2 Å². The number of rotatable bonds is 3. The van der Waals surface area contributed by atoms with Crippen molar-refractivity contribution >= 4 is 50.5 Å². The van der Waals surface area contributed by atoms with Crippen molar-refractivity contribution in [3.8, 4) is 0 Å². The monoisotopic (exact) mass is 502 g/mol. The molecule has 1 aromatic heterocycles. The van der Waals surface area contributed by atoms with Gasteiger partial charge in [0.05, 0.1) is 22.7 Å². The minimum Gasteiger partial charge on any atom is -0.357 e. The quantitative estimate of drug-likeness (QED) is 0.397. The highest BCUT2D eigenvalue weighted by Crippen LogP contribution is 2.24. The fourth-order valence-corrected chi connectivity index (χ4v) is 4.57. The molecule has 1 aliphatic rings. The third-order valence-corrected chi connectivity index (χ3v) is 7.35. The molecular weight excluding hydrogens is 475 g/mol. The van der Waals surface area contributed by atoms with Gasteiger partial charge in [-0.2, -0.15) is 0 Å². The van der Waals surface area contributed by atoms with Crippen molar-refractivity contribution in [3.63, 3.8) is 0 Å². The first kappa shape index (κ1) is 21.9. The Morgan fingerprint density at radius 1 is 1.30 bits per heavy atom. The van der Waals surface area contributed by atoms with Gasteiger partial charge in [0.15, 0.2) is 15.8 Å². The molecule has 0 unspecified atom stereocenters. The number of benzene rings is 1. The van der Waals surface area contributed by atoms with Gasteiger partial charge in [0, 0.05) is 31.2 Å². The minimum absolute atomic E-state index is 0. The van der Waals surface area contributed by atoms with Crippen LogP contribution in [0.1, 0.15) is 26.5 Å². The summed E-state index contributed by atoms with van der Waals surface area (Å²) in [7, 11) is -3.08. The predicted octanol–water partition coefficient (Wildman–Crippen LogP) is 2.83. The summed E-state index contributed by atoms with van der Waals surface area (Å²) < 4.78 is 23.7. The Hall–Kier alpha value is -1.42. The Morgan fingerprint density at radius 3 is 2.74 bits per heavy atom. The second-order valence-electron chi connectivity index (χ2n) is 7.15. The summed E-state index contributed by atoms with van der Waals surface area (Å²) in [6, 6.07) is 10.1. The third kappa shape index (κ3) is 4.71. The molecule has 0 spiro atoms. The van der Waals surface area contributed by atoms with Crippen molar-refractivity contribution in [2.45, 2.75) is 32.1 Å². The topological polar surface area (TPSA) is 74.7 Å². The van der Waals surface area contributed by atoms with Gasteiger partial charge in [0.2, 0.25) is 0 Å². The summed E-state index contributed by atoms with van der Waals surface area (Å²) in [6.07, 6.45) is 1.80. The van der Waals surface area contributed by atoms with Gasteiger partial charge in [-0.3, -0.25) is 4.98 Å². The van der Waals surface area contributed by atoms with Crippen LogP contribution in [0.2, 0.25) is 0 Å². The first-order valence-corrected chi connectivity index (χ1v) is 10.6. The first-order valence-electron chi connectivity index (χ1n) is 8.92. The maximum absolute atomic E-state index is 12.3. The number of aliphatic imine (C=N–C) groups is 1. The lowest BCUT2D eigenvalue weighted by atomic mass is 10.1. The van der Waals surface area contributed by atoms with Crippen molar-refractivity contribution in [2.75, 3.05) is 25.4 Å². The zero-order valence-corrected chi connectivity index (χ0v) is 19.1. The standard InChI is InChI=1S/C19H26N4O2S.HI/c1-4-20-18(23-11-12-26(24,25)19(2,3)14-23)22-13-17-16-8-6-5-7-15(16)9-10-21-17;/h5-10H,4,11-14H2,1-3H3,(H,20,22);1H. The summed E-state index contributed by atoms with van der Waals surface area (Å²) in [5, 5.41) is 5.52. The summed E-state index contributed by atoms with van der Waals surface area (Å²) in [6.45, 7) is 7.65. The number of aromatic nitrogens is 1. The maximum Gasteiger partial charge on any atom is 0.194 e. The van der Waals surface area contributed by atoms with Crippen molar-refractivity contribution in [3.05, 3.63) is 42.2 Å². The fourth-order valence-electron chi connectivity index (χ4n) is 3.21. The van der Waals surface area contributed by atoms with Crippen LogP contribution < -0.4 is 5.32 Å². The Kier molecular flexibility index (Phi) is 7.07. The molecule has 8 heteroatoms. The highest BCUT2D eigenvalue weighted by atomic mass is 127. The molecule has 0 bridgehead atoms. The summed E-state index contributed by atoms with van der Waals surface area (Å²) >= 11 is 0. The minimum atomic E-state index is -3.08. The summed E-state index contributed by atoms with van der Waals surface area (Å²) in [5.74, 6) is 0.891. The Morgan fingerprint density at radius 2 is 2.04 bits per heavy atom. The number of nitrogens with one attached hydrogen (secondary N) is 1. The average molecular weight is 502 g/mol. The highest BCUT2D eigenvalue weighted by Gasteiger charge is 2.40. The van der Waals surface area contributed by atoms with Crippen LogP contribution in [0, 0.1) is 0 Å². The number of pyridine rings is 1. The zero-order chi connectivity index (χ0) is 18.8. The number of fused-ring (bicyclic) bond motifs is 1. The van der Waals surface area contributed by atoms with Gasteiger partial charge in [-0.15, -0.1) is 24.0 Å². The molecule has 0 radical (unpaired) electrons. The van der Waals surface area contributed by atoms with E-state index in [0.29, 0.717) is 19.6 Å². The lowest BCUT2D eigenvalue weighted by Gasteiger charge is -2.39. The lowest BCUT2D eigenvalue weighted by molar-refractivity contribution is 0.353. The second-order valence-corrected chi connectivity index (χ2v) is 9.89. The highest BCUT2D eigenvalue weighted by molar-refractivity contribution is 14.0. The number of hydrogen-bond acceptors (Lipinski definition) is 4. The van der Waals surface area contributed by atoms with Gasteiger partial charge in [-0.1, -0.05) is 24.3 Å². The maximum atomic E-state index is 12.3. The predicted molar refractivity (Wildman–Crippen MR) is 121 cm³/mol. The molecule has 148 valence electrons. The van der Waals surface area contributed by atoms with Gasteiger partial charge >= 0.3 is 0 Å². The molecule has 1 fully saturated rings. The third-order valence-electron chi connectivity index (χ3n) is 4.81. The smallest absolute Gasteiger partial charge is 0.194 e. The largest absolute Gasteiger partial charge is 0.357 e. The van der Waals surface area contributed by atoms with Crippen molar-refractivity contribution in [1.29, 1.82) is 0 Å². The number of hydrogen-bond donors (Lipinski definition) is 1. The van der Waals surface area contributed by atoms with E-state index in [2.05, 4.69) is 22.4 Å². The SMILES string of the molecule is CCNC(=NCc1nccc2ccccc12)N1CCS(=O)(=O)C(C)(C)C1.I. The van der Waals surface area contributed by atoms with Crippen LogP contribution in [0.4, 0.5) is 0 Å². The molecular formula is C19H27IN4O2S. The van der Waals surface area contributed by atoms with Crippen LogP contribution in [-0.4, -0.2) is 54.4 Å². The number of sulfone groups is 1. The van der Waals surface area contributed by atoms with E-state index in [-0.39, 0.29) is 29.7 Å². The molecule has 6 nitrogen and oxygen atoms in total. The van der Waals surface area contributed by atoms with Crippen molar-refractivity contribution < 1.29 is 8.42 Å². The molecule has 1 aliphatic heterocycles. The number of guanidine groups is 1. The molecule has 3 rings (SSSR count). The Bertz CT molecular complexity index is 923. The molecule has 1 saturated heterocycles. The van der Waals surface area contributed by atoms with Crippen molar-refractivity contribution in [1.82, 2.24) is 15.2 Å². The second kappa shape index (κ2) is 8.72. The van der Waals surface area contributed by atoms with Crippen LogP contribution in [0.5, 0.6) is 0 Å². The van der Waals surface area contributed by atoms with Crippen LogP contribution >= 0.6 is 24.0 Å². The molecule has 0 aliphatic carbocycles. The molecule has 1 N–H and O–H groups in total. The van der Waals surface area contributed by atoms with Gasteiger partial charge in [0.1, 0.15) is 0 Å². The summed E-state index contributed by atoms with van der Waals surface area (Å²) in [4.78, 5) is 11.3. The van der Waals surface area contributed by atoms with Crippen LogP contribution in [0.15, 0.2) is 41.5 Å². The molecule has 0 amide bonds. The molecule has 0 saturated carbocycles. The molecule has 2 heterocycles. The van der Waals surface area contributed by atoms with E-state index in [1.807, 2.05) is 30.0 Å². The lowest BCUT2D eigenvalue weighted by Crippen LogP contribution is -2.57. The van der Waals surface area contributed by atoms with Gasteiger partial charge in [0.25, 0.3) is 0 Å². The van der Waals surface area contributed by atoms with Gasteiger partial charge in [-0.25, -0.2) is 13.4 Å². The molecule has 2 aromatic rings.